The van der Waals surface area contributed by atoms with Crippen LogP contribution in [-0.4, -0.2) is 48.3 Å². The molecule has 4 nitrogen and oxygen atoms in total. The van der Waals surface area contributed by atoms with E-state index >= 15 is 0 Å². The van der Waals surface area contributed by atoms with E-state index in [1.807, 2.05) is 7.05 Å². The topological polar surface area (TPSA) is 49.8 Å². The summed E-state index contributed by atoms with van der Waals surface area (Å²) in [5.41, 5.74) is -0.0237. The maximum Gasteiger partial charge on any atom is 0.304 e. The number of rotatable bonds is 5. The molecule has 1 aliphatic rings. The minimum Gasteiger partial charge on any atom is -0.481 e. The van der Waals surface area contributed by atoms with Gasteiger partial charge in [0.15, 0.2) is 0 Å². The molecule has 0 spiro atoms. The van der Waals surface area contributed by atoms with Crippen molar-refractivity contribution in [1.29, 1.82) is 0 Å². The SMILES string of the molecule is COC1(C)CC(N(C)CCC(=O)O)C1(C)C. The standard InChI is InChI=1S/C12H23NO3/c1-11(2)9(8-12(11,3)16-5)13(4)7-6-10(14)15/h9H,6-8H2,1-5H3,(H,14,15). The molecule has 2 unspecified atom stereocenters. The molecule has 16 heavy (non-hydrogen) atoms. The predicted octanol–water partition coefficient (Wildman–Crippen LogP) is 1.60. The molecule has 0 saturated heterocycles. The molecule has 0 aromatic heterocycles. The van der Waals surface area contributed by atoms with Crippen LogP contribution >= 0.6 is 0 Å². The highest BCUT2D eigenvalue weighted by Gasteiger charge is 2.58. The molecule has 1 aliphatic carbocycles. The van der Waals surface area contributed by atoms with Crippen LogP contribution in [0.3, 0.4) is 0 Å². The van der Waals surface area contributed by atoms with E-state index in [0.29, 0.717) is 12.6 Å². The van der Waals surface area contributed by atoms with E-state index in [2.05, 4.69) is 25.7 Å². The molecular formula is C12H23NO3. The Labute approximate surface area is 97.6 Å². The molecule has 94 valence electrons. The zero-order valence-corrected chi connectivity index (χ0v) is 10.9. The molecule has 0 amide bonds. The molecule has 0 radical (unpaired) electrons. The van der Waals surface area contributed by atoms with Gasteiger partial charge in [0.25, 0.3) is 0 Å². The van der Waals surface area contributed by atoms with Crippen molar-refractivity contribution in [2.24, 2.45) is 5.41 Å². The largest absolute Gasteiger partial charge is 0.481 e. The molecular weight excluding hydrogens is 206 g/mol. The highest BCUT2D eigenvalue weighted by Crippen LogP contribution is 2.53. The van der Waals surface area contributed by atoms with Gasteiger partial charge in [0.2, 0.25) is 0 Å². The Morgan fingerprint density at radius 3 is 2.44 bits per heavy atom. The van der Waals surface area contributed by atoms with E-state index in [-0.39, 0.29) is 17.4 Å². The van der Waals surface area contributed by atoms with Crippen molar-refractivity contribution in [2.75, 3.05) is 20.7 Å². The fourth-order valence-electron chi connectivity index (χ4n) is 2.59. The second-order valence-electron chi connectivity index (χ2n) is 5.50. The average molecular weight is 229 g/mol. The maximum absolute atomic E-state index is 10.5. The van der Waals surface area contributed by atoms with Crippen molar-refractivity contribution in [2.45, 2.75) is 45.3 Å². The van der Waals surface area contributed by atoms with Gasteiger partial charge in [0.05, 0.1) is 12.0 Å². The summed E-state index contributed by atoms with van der Waals surface area (Å²) >= 11 is 0. The van der Waals surface area contributed by atoms with Crippen LogP contribution in [0, 0.1) is 5.41 Å². The third kappa shape index (κ3) is 2.09. The number of methoxy groups -OCH3 is 1. The molecule has 0 heterocycles. The lowest BCUT2D eigenvalue weighted by molar-refractivity contribution is -0.206. The molecule has 1 saturated carbocycles. The summed E-state index contributed by atoms with van der Waals surface area (Å²) in [6.07, 6.45) is 1.17. The third-order valence-electron chi connectivity index (χ3n) is 4.44. The average Bonchev–Trinajstić information content (AvgIpc) is 2.21. The van der Waals surface area contributed by atoms with Crippen molar-refractivity contribution in [3.8, 4) is 0 Å². The van der Waals surface area contributed by atoms with Gasteiger partial charge in [0, 0.05) is 25.1 Å². The van der Waals surface area contributed by atoms with Crippen LogP contribution in [0.1, 0.15) is 33.6 Å². The molecule has 0 aromatic carbocycles. The zero-order valence-electron chi connectivity index (χ0n) is 10.9. The maximum atomic E-state index is 10.5. The minimum absolute atomic E-state index is 0.0645. The van der Waals surface area contributed by atoms with E-state index < -0.39 is 5.97 Å². The van der Waals surface area contributed by atoms with Crippen LogP contribution in [-0.2, 0) is 9.53 Å². The normalized spacial score (nSPS) is 32.5. The van der Waals surface area contributed by atoms with Crippen molar-refractivity contribution in [1.82, 2.24) is 4.90 Å². The quantitative estimate of drug-likeness (QED) is 0.778. The number of nitrogens with zero attached hydrogens (tertiary/aromatic N) is 1. The van der Waals surface area contributed by atoms with Gasteiger partial charge in [-0.05, 0) is 20.4 Å². The Morgan fingerprint density at radius 1 is 1.50 bits per heavy atom. The van der Waals surface area contributed by atoms with Crippen LogP contribution in [0.25, 0.3) is 0 Å². The van der Waals surface area contributed by atoms with Crippen molar-refractivity contribution >= 4 is 5.97 Å². The van der Waals surface area contributed by atoms with E-state index in [4.69, 9.17) is 9.84 Å². The van der Waals surface area contributed by atoms with Crippen LogP contribution < -0.4 is 0 Å². The number of carbonyl (C=O) groups is 1. The summed E-state index contributed by atoms with van der Waals surface area (Å²) in [6.45, 7) is 7.08. The first kappa shape index (κ1) is 13.5. The molecule has 1 N–H and O–H groups in total. The first-order valence-electron chi connectivity index (χ1n) is 5.72. The van der Waals surface area contributed by atoms with Gasteiger partial charge in [0.1, 0.15) is 0 Å². The summed E-state index contributed by atoms with van der Waals surface area (Å²) in [6, 6.07) is 0.400. The van der Waals surface area contributed by atoms with Gasteiger partial charge in [-0.3, -0.25) is 4.79 Å². The van der Waals surface area contributed by atoms with E-state index in [9.17, 15) is 4.79 Å². The van der Waals surface area contributed by atoms with Gasteiger partial charge in [-0.2, -0.15) is 0 Å². The van der Waals surface area contributed by atoms with E-state index in [0.717, 1.165) is 6.42 Å². The number of ether oxygens (including phenoxy) is 1. The molecule has 1 rings (SSSR count). The second-order valence-corrected chi connectivity index (χ2v) is 5.50. The Kier molecular flexibility index (Phi) is 3.65. The van der Waals surface area contributed by atoms with Gasteiger partial charge in [-0.25, -0.2) is 0 Å². The number of carboxylic acid groups (broad SMARTS) is 1. The van der Waals surface area contributed by atoms with Gasteiger partial charge in [-0.15, -0.1) is 0 Å². The molecule has 0 aliphatic heterocycles. The van der Waals surface area contributed by atoms with Crippen molar-refractivity contribution < 1.29 is 14.6 Å². The number of hydrogen-bond acceptors (Lipinski definition) is 3. The first-order valence-corrected chi connectivity index (χ1v) is 5.72. The highest BCUT2D eigenvalue weighted by molar-refractivity contribution is 5.66. The van der Waals surface area contributed by atoms with Crippen molar-refractivity contribution in [3.05, 3.63) is 0 Å². The monoisotopic (exact) mass is 229 g/mol. The Morgan fingerprint density at radius 2 is 2.06 bits per heavy atom. The van der Waals surface area contributed by atoms with Crippen molar-refractivity contribution in [3.63, 3.8) is 0 Å². The van der Waals surface area contributed by atoms with E-state index in [1.54, 1.807) is 7.11 Å². The molecule has 2 atom stereocenters. The summed E-state index contributed by atoms with van der Waals surface area (Å²) in [7, 11) is 3.74. The summed E-state index contributed by atoms with van der Waals surface area (Å²) < 4.78 is 5.55. The lowest BCUT2D eigenvalue weighted by Crippen LogP contribution is -2.68. The third-order valence-corrected chi connectivity index (χ3v) is 4.44. The summed E-state index contributed by atoms with van der Waals surface area (Å²) in [5, 5.41) is 8.66. The molecule has 1 fully saturated rings. The Balaban J connectivity index is 2.55. The summed E-state index contributed by atoms with van der Waals surface area (Å²) in [4.78, 5) is 12.7. The van der Waals surface area contributed by atoms with E-state index in [1.165, 1.54) is 0 Å². The minimum atomic E-state index is -0.738. The Bertz CT molecular complexity index is 277. The fourth-order valence-corrected chi connectivity index (χ4v) is 2.59. The Hall–Kier alpha value is -0.610. The lowest BCUT2D eigenvalue weighted by atomic mass is 9.55. The van der Waals surface area contributed by atoms with Gasteiger partial charge < -0.3 is 14.7 Å². The number of hydrogen-bond donors (Lipinski definition) is 1. The fraction of sp³-hybridized carbons (Fsp3) is 0.917. The first-order chi connectivity index (χ1) is 7.24. The predicted molar refractivity (Wildman–Crippen MR) is 62.5 cm³/mol. The number of carboxylic acids is 1. The smallest absolute Gasteiger partial charge is 0.304 e. The molecule has 4 heteroatoms. The van der Waals surface area contributed by atoms with Crippen LogP contribution in [0.4, 0.5) is 0 Å². The second kappa shape index (κ2) is 4.34. The zero-order chi connectivity index (χ0) is 12.6. The molecule has 0 bridgehead atoms. The number of aliphatic carboxylic acids is 1. The lowest BCUT2D eigenvalue weighted by Gasteiger charge is -2.61. The molecule has 0 aromatic rings. The van der Waals surface area contributed by atoms with Crippen LogP contribution in [0.5, 0.6) is 0 Å². The van der Waals surface area contributed by atoms with Gasteiger partial charge >= 0.3 is 5.97 Å². The van der Waals surface area contributed by atoms with Crippen LogP contribution in [0.2, 0.25) is 0 Å². The van der Waals surface area contributed by atoms with Crippen LogP contribution in [0.15, 0.2) is 0 Å². The highest BCUT2D eigenvalue weighted by atomic mass is 16.5. The summed E-state index contributed by atoms with van der Waals surface area (Å²) in [5.74, 6) is -0.738. The van der Waals surface area contributed by atoms with Gasteiger partial charge in [-0.1, -0.05) is 13.8 Å².